The van der Waals surface area contributed by atoms with Crippen molar-refractivity contribution in [2.45, 2.75) is 6.92 Å². The number of anilines is 2. The van der Waals surface area contributed by atoms with Crippen molar-refractivity contribution in [3.8, 4) is 0 Å². The summed E-state index contributed by atoms with van der Waals surface area (Å²) in [6.45, 7) is 1.34. The molecular weight excluding hydrogens is 319 g/mol. The minimum atomic E-state index is -0.594. The minimum Gasteiger partial charge on any atom is -0.326 e. The third-order valence-electron chi connectivity index (χ3n) is 2.82. The molecule has 23 heavy (non-hydrogen) atoms. The van der Waals surface area contributed by atoms with E-state index in [0.717, 1.165) is 5.56 Å². The van der Waals surface area contributed by atoms with Crippen LogP contribution in [-0.4, -0.2) is 11.8 Å². The maximum Gasteiger partial charge on any atom is 0.248 e. The normalized spacial score (nSPS) is 10.6. The van der Waals surface area contributed by atoms with Crippen molar-refractivity contribution in [1.29, 1.82) is 0 Å². The van der Waals surface area contributed by atoms with E-state index in [1.807, 2.05) is 0 Å². The van der Waals surface area contributed by atoms with E-state index in [1.165, 1.54) is 31.2 Å². The molecule has 0 aliphatic carbocycles. The lowest BCUT2D eigenvalue weighted by Crippen LogP contribution is -2.11. The third-order valence-corrected chi connectivity index (χ3v) is 3.06. The molecule has 4 nitrogen and oxygen atoms in total. The summed E-state index contributed by atoms with van der Waals surface area (Å²) in [4.78, 5) is 22.9. The number of benzene rings is 2. The van der Waals surface area contributed by atoms with Crippen LogP contribution in [0.3, 0.4) is 0 Å². The molecule has 0 heterocycles. The lowest BCUT2D eigenvalue weighted by molar-refractivity contribution is -0.114. The molecule has 2 amide bonds. The number of nitrogens with one attached hydrogen (secondary N) is 2. The molecule has 0 unspecified atom stereocenters. The van der Waals surface area contributed by atoms with E-state index in [4.69, 9.17) is 11.6 Å². The SMILES string of the molecule is CC(=O)Nc1ccc(F)c(NC(=O)/C=C/c2cccc(Cl)c2)c1. The Labute approximate surface area is 138 Å². The highest BCUT2D eigenvalue weighted by Gasteiger charge is 2.07. The number of carbonyl (C=O) groups excluding carboxylic acids is 2. The Bertz CT molecular complexity index is 775. The van der Waals surface area contributed by atoms with Crippen molar-refractivity contribution >= 4 is 40.9 Å². The summed E-state index contributed by atoms with van der Waals surface area (Å²) >= 11 is 5.85. The van der Waals surface area contributed by atoms with Crippen molar-refractivity contribution in [3.63, 3.8) is 0 Å². The molecule has 0 aliphatic heterocycles. The van der Waals surface area contributed by atoms with E-state index >= 15 is 0 Å². The van der Waals surface area contributed by atoms with Crippen LogP contribution >= 0.6 is 11.6 Å². The average Bonchev–Trinajstić information content (AvgIpc) is 2.48. The first kappa shape index (κ1) is 16.7. The number of hydrogen-bond acceptors (Lipinski definition) is 2. The van der Waals surface area contributed by atoms with Gasteiger partial charge in [0, 0.05) is 23.7 Å². The Morgan fingerprint density at radius 1 is 1.13 bits per heavy atom. The van der Waals surface area contributed by atoms with Crippen LogP contribution < -0.4 is 10.6 Å². The molecule has 0 aliphatic rings. The molecule has 2 aromatic rings. The van der Waals surface area contributed by atoms with Gasteiger partial charge in [-0.15, -0.1) is 0 Å². The van der Waals surface area contributed by atoms with E-state index in [-0.39, 0.29) is 11.6 Å². The molecule has 6 heteroatoms. The predicted molar refractivity (Wildman–Crippen MR) is 89.8 cm³/mol. The second-order valence-corrected chi connectivity index (χ2v) is 5.19. The molecule has 0 atom stereocenters. The van der Waals surface area contributed by atoms with Crippen LogP contribution in [0.5, 0.6) is 0 Å². The van der Waals surface area contributed by atoms with Gasteiger partial charge in [-0.25, -0.2) is 4.39 Å². The van der Waals surface area contributed by atoms with Gasteiger partial charge in [0.25, 0.3) is 0 Å². The van der Waals surface area contributed by atoms with Gasteiger partial charge in [0.15, 0.2) is 0 Å². The average molecular weight is 333 g/mol. The highest BCUT2D eigenvalue weighted by atomic mass is 35.5. The zero-order valence-electron chi connectivity index (χ0n) is 12.3. The lowest BCUT2D eigenvalue weighted by atomic mass is 10.2. The van der Waals surface area contributed by atoms with Crippen LogP contribution in [-0.2, 0) is 9.59 Å². The Kier molecular flexibility index (Phi) is 5.49. The fraction of sp³-hybridized carbons (Fsp3) is 0.0588. The zero-order valence-corrected chi connectivity index (χ0v) is 13.0. The van der Waals surface area contributed by atoms with E-state index in [0.29, 0.717) is 10.7 Å². The van der Waals surface area contributed by atoms with Gasteiger partial charge in [-0.05, 0) is 42.0 Å². The van der Waals surface area contributed by atoms with Crippen LogP contribution in [0.1, 0.15) is 12.5 Å². The molecule has 2 aromatic carbocycles. The molecule has 0 aromatic heterocycles. The van der Waals surface area contributed by atoms with Crippen LogP contribution in [0, 0.1) is 5.82 Å². The Hall–Kier alpha value is -2.66. The molecular formula is C17H14ClFN2O2. The van der Waals surface area contributed by atoms with Crippen LogP contribution in [0.25, 0.3) is 6.08 Å². The van der Waals surface area contributed by atoms with Crippen molar-refractivity contribution in [1.82, 2.24) is 0 Å². The summed E-state index contributed by atoms with van der Waals surface area (Å²) < 4.78 is 13.7. The van der Waals surface area contributed by atoms with Gasteiger partial charge in [-0.2, -0.15) is 0 Å². The van der Waals surface area contributed by atoms with Gasteiger partial charge < -0.3 is 10.6 Å². The summed E-state index contributed by atoms with van der Waals surface area (Å²) in [6, 6.07) is 10.9. The number of halogens is 2. The monoisotopic (exact) mass is 332 g/mol. The van der Waals surface area contributed by atoms with E-state index in [1.54, 1.807) is 30.3 Å². The van der Waals surface area contributed by atoms with Crippen LogP contribution in [0.2, 0.25) is 5.02 Å². The fourth-order valence-electron chi connectivity index (χ4n) is 1.86. The summed E-state index contributed by atoms with van der Waals surface area (Å²) in [5.74, 6) is -1.37. The number of rotatable bonds is 4. The smallest absolute Gasteiger partial charge is 0.248 e. The van der Waals surface area contributed by atoms with Crippen molar-refractivity contribution in [2.24, 2.45) is 0 Å². The van der Waals surface area contributed by atoms with Gasteiger partial charge in [0.1, 0.15) is 5.82 Å². The molecule has 0 bridgehead atoms. The molecule has 0 fully saturated rings. The maximum absolute atomic E-state index is 13.7. The van der Waals surface area contributed by atoms with Crippen LogP contribution in [0.4, 0.5) is 15.8 Å². The standard InChI is InChI=1S/C17H14ClFN2O2/c1-11(22)20-14-6-7-15(19)16(10-14)21-17(23)8-5-12-3-2-4-13(18)9-12/h2-10H,1H3,(H,20,22)(H,21,23)/b8-5+. The first-order valence-corrected chi connectivity index (χ1v) is 7.13. The Morgan fingerprint density at radius 3 is 2.61 bits per heavy atom. The molecule has 2 rings (SSSR count). The van der Waals surface area contributed by atoms with Gasteiger partial charge >= 0.3 is 0 Å². The van der Waals surface area contributed by atoms with E-state index in [9.17, 15) is 14.0 Å². The number of hydrogen-bond donors (Lipinski definition) is 2. The first-order chi connectivity index (χ1) is 10.9. The number of amides is 2. The summed E-state index contributed by atoms with van der Waals surface area (Å²) in [7, 11) is 0. The van der Waals surface area contributed by atoms with Crippen molar-refractivity contribution < 1.29 is 14.0 Å². The van der Waals surface area contributed by atoms with E-state index < -0.39 is 11.7 Å². The summed E-state index contributed by atoms with van der Waals surface area (Å²) in [6.07, 6.45) is 2.84. The van der Waals surface area contributed by atoms with Crippen molar-refractivity contribution in [3.05, 3.63) is 64.9 Å². The minimum absolute atomic E-state index is 0.0167. The molecule has 118 valence electrons. The van der Waals surface area contributed by atoms with E-state index in [2.05, 4.69) is 10.6 Å². The van der Waals surface area contributed by atoms with Gasteiger partial charge in [-0.3, -0.25) is 9.59 Å². The molecule has 0 spiro atoms. The summed E-state index contributed by atoms with van der Waals surface area (Å²) in [5.41, 5.74) is 1.13. The zero-order chi connectivity index (χ0) is 16.8. The maximum atomic E-state index is 13.7. The Balaban J connectivity index is 2.09. The Morgan fingerprint density at radius 2 is 1.91 bits per heavy atom. The van der Waals surface area contributed by atoms with Gasteiger partial charge in [0.05, 0.1) is 5.69 Å². The highest BCUT2D eigenvalue weighted by molar-refractivity contribution is 6.30. The highest BCUT2D eigenvalue weighted by Crippen LogP contribution is 2.20. The van der Waals surface area contributed by atoms with Crippen LogP contribution in [0.15, 0.2) is 48.5 Å². The fourth-order valence-corrected chi connectivity index (χ4v) is 2.06. The number of carbonyl (C=O) groups is 2. The molecule has 0 saturated carbocycles. The second kappa shape index (κ2) is 7.56. The molecule has 2 N–H and O–H groups in total. The largest absolute Gasteiger partial charge is 0.326 e. The second-order valence-electron chi connectivity index (χ2n) is 4.75. The quantitative estimate of drug-likeness (QED) is 0.828. The molecule has 0 radical (unpaired) electrons. The first-order valence-electron chi connectivity index (χ1n) is 6.76. The van der Waals surface area contributed by atoms with Gasteiger partial charge in [-0.1, -0.05) is 23.7 Å². The predicted octanol–water partition coefficient (Wildman–Crippen LogP) is 4.09. The third kappa shape index (κ3) is 5.23. The summed E-state index contributed by atoms with van der Waals surface area (Å²) in [5, 5.41) is 5.50. The lowest BCUT2D eigenvalue weighted by Gasteiger charge is -2.07. The van der Waals surface area contributed by atoms with Gasteiger partial charge in [0.2, 0.25) is 11.8 Å². The molecule has 0 saturated heterocycles. The topological polar surface area (TPSA) is 58.2 Å². The van der Waals surface area contributed by atoms with Crippen molar-refractivity contribution in [2.75, 3.05) is 10.6 Å².